The lowest BCUT2D eigenvalue weighted by Gasteiger charge is -2.24. The van der Waals surface area contributed by atoms with Gasteiger partial charge in [0, 0.05) is 11.6 Å². The SMILES string of the molecule is Cc1nnc([C@H]2CCCN2C(=O)Nc2nnc(C(F)(F)F)s2)n1Cc1ccc(Cl)cc1. The Morgan fingerprint density at radius 1 is 1.23 bits per heavy atom. The van der Waals surface area contributed by atoms with Gasteiger partial charge in [0.15, 0.2) is 5.82 Å². The number of nitrogens with one attached hydrogen (secondary N) is 1. The highest BCUT2D eigenvalue weighted by molar-refractivity contribution is 7.15. The maximum absolute atomic E-state index is 12.8. The van der Waals surface area contributed by atoms with Crippen molar-refractivity contribution in [3.8, 4) is 0 Å². The van der Waals surface area contributed by atoms with Gasteiger partial charge in [-0.1, -0.05) is 35.1 Å². The Bertz CT molecular complexity index is 1080. The molecule has 3 aromatic rings. The van der Waals surface area contributed by atoms with Gasteiger partial charge in [-0.05, 0) is 37.5 Å². The Morgan fingerprint density at radius 3 is 2.65 bits per heavy atom. The number of carbonyl (C=O) groups excluding carboxylic acids is 1. The number of amides is 2. The van der Waals surface area contributed by atoms with E-state index in [-0.39, 0.29) is 22.5 Å². The molecule has 164 valence electrons. The molecule has 1 aromatic carbocycles. The van der Waals surface area contributed by atoms with Crippen LogP contribution in [-0.2, 0) is 12.7 Å². The quantitative estimate of drug-likeness (QED) is 0.604. The summed E-state index contributed by atoms with van der Waals surface area (Å²) in [5, 5.41) is 16.7. The number of benzene rings is 1. The van der Waals surface area contributed by atoms with Crippen LogP contribution < -0.4 is 5.32 Å². The van der Waals surface area contributed by atoms with Gasteiger partial charge >= 0.3 is 12.2 Å². The fraction of sp³-hybridized carbons (Fsp3) is 0.389. The molecule has 0 bridgehead atoms. The van der Waals surface area contributed by atoms with Crippen LogP contribution in [0.25, 0.3) is 0 Å². The number of carbonyl (C=O) groups is 1. The Labute approximate surface area is 184 Å². The van der Waals surface area contributed by atoms with E-state index in [1.807, 2.05) is 23.6 Å². The average Bonchev–Trinajstić information content (AvgIpc) is 3.44. The molecule has 2 amide bonds. The molecule has 1 saturated heterocycles. The largest absolute Gasteiger partial charge is 0.445 e. The van der Waals surface area contributed by atoms with Gasteiger partial charge in [0.2, 0.25) is 10.1 Å². The summed E-state index contributed by atoms with van der Waals surface area (Å²) < 4.78 is 40.1. The van der Waals surface area contributed by atoms with Crippen LogP contribution in [0, 0.1) is 6.92 Å². The number of urea groups is 1. The molecule has 8 nitrogen and oxygen atoms in total. The van der Waals surface area contributed by atoms with Crippen molar-refractivity contribution in [2.24, 2.45) is 0 Å². The number of anilines is 1. The Kier molecular flexibility index (Phi) is 5.84. The van der Waals surface area contributed by atoms with Crippen LogP contribution >= 0.6 is 22.9 Å². The van der Waals surface area contributed by atoms with Crippen molar-refractivity contribution < 1.29 is 18.0 Å². The molecule has 1 N–H and O–H groups in total. The van der Waals surface area contributed by atoms with Gasteiger partial charge in [-0.3, -0.25) is 5.32 Å². The number of hydrogen-bond donors (Lipinski definition) is 1. The van der Waals surface area contributed by atoms with Crippen LogP contribution in [0.1, 0.15) is 41.1 Å². The molecule has 0 radical (unpaired) electrons. The normalized spacial score (nSPS) is 16.7. The highest BCUT2D eigenvalue weighted by Gasteiger charge is 2.37. The third-order valence-corrected chi connectivity index (χ3v) is 6.05. The molecule has 1 atom stereocenters. The standard InChI is InChI=1S/C18H17ClF3N7OS/c1-10-24-25-14(29(10)9-11-4-6-12(19)7-5-11)13-3-2-8-28(13)17(30)23-16-27-26-15(31-16)18(20,21)22/h4-7,13H,2-3,8-9H2,1H3,(H,23,27,30)/t13-/m1/s1. The number of hydrogen-bond acceptors (Lipinski definition) is 6. The molecule has 3 heterocycles. The third-order valence-electron chi connectivity index (χ3n) is 4.91. The summed E-state index contributed by atoms with van der Waals surface area (Å²) in [6.07, 6.45) is -3.21. The van der Waals surface area contributed by atoms with Gasteiger partial charge in [0.25, 0.3) is 0 Å². The summed E-state index contributed by atoms with van der Waals surface area (Å²) in [4.78, 5) is 14.3. The highest BCUT2D eigenvalue weighted by Crippen LogP contribution is 2.35. The molecule has 0 spiro atoms. The zero-order chi connectivity index (χ0) is 22.2. The summed E-state index contributed by atoms with van der Waals surface area (Å²) in [6, 6.07) is 6.48. The van der Waals surface area contributed by atoms with Gasteiger partial charge in [-0.2, -0.15) is 13.2 Å². The molecular weight excluding hydrogens is 455 g/mol. The Balaban J connectivity index is 1.52. The van der Waals surface area contributed by atoms with E-state index in [1.54, 1.807) is 12.1 Å². The predicted molar refractivity (Wildman–Crippen MR) is 108 cm³/mol. The first-order valence-electron chi connectivity index (χ1n) is 9.35. The number of nitrogens with zero attached hydrogens (tertiary/aromatic N) is 6. The van der Waals surface area contributed by atoms with Gasteiger partial charge in [-0.15, -0.1) is 20.4 Å². The lowest BCUT2D eigenvalue weighted by molar-refractivity contribution is -0.138. The van der Waals surface area contributed by atoms with Gasteiger partial charge in [0.1, 0.15) is 5.82 Å². The van der Waals surface area contributed by atoms with Gasteiger partial charge in [-0.25, -0.2) is 4.79 Å². The predicted octanol–water partition coefficient (Wildman–Crippen LogP) is 4.53. The molecule has 4 rings (SSSR count). The van der Waals surface area contributed by atoms with Crippen molar-refractivity contribution in [1.29, 1.82) is 0 Å². The summed E-state index contributed by atoms with van der Waals surface area (Å²) >= 11 is 6.24. The number of aryl methyl sites for hydroxylation is 1. The van der Waals surface area contributed by atoms with Crippen molar-refractivity contribution in [3.05, 3.63) is 51.5 Å². The zero-order valence-electron chi connectivity index (χ0n) is 16.2. The molecule has 31 heavy (non-hydrogen) atoms. The lowest BCUT2D eigenvalue weighted by Crippen LogP contribution is -2.35. The van der Waals surface area contributed by atoms with Crippen LogP contribution in [0.5, 0.6) is 0 Å². The minimum absolute atomic E-state index is 0.207. The van der Waals surface area contributed by atoms with E-state index >= 15 is 0 Å². The van der Waals surface area contributed by atoms with E-state index < -0.39 is 17.2 Å². The van der Waals surface area contributed by atoms with Crippen LogP contribution in [0.3, 0.4) is 0 Å². The number of alkyl halides is 3. The van der Waals surface area contributed by atoms with Crippen LogP contribution in [0.2, 0.25) is 5.02 Å². The zero-order valence-corrected chi connectivity index (χ0v) is 17.8. The van der Waals surface area contributed by atoms with E-state index in [9.17, 15) is 18.0 Å². The summed E-state index contributed by atoms with van der Waals surface area (Å²) in [6.45, 7) is 2.77. The first-order valence-corrected chi connectivity index (χ1v) is 10.5. The number of likely N-dealkylation sites (tertiary alicyclic amines) is 1. The Hall–Kier alpha value is -2.73. The van der Waals surface area contributed by atoms with Crippen molar-refractivity contribution >= 4 is 34.1 Å². The summed E-state index contributed by atoms with van der Waals surface area (Å²) in [5.74, 6) is 1.31. The fourth-order valence-electron chi connectivity index (χ4n) is 3.44. The summed E-state index contributed by atoms with van der Waals surface area (Å²) in [5.41, 5.74) is 0.996. The number of aromatic nitrogens is 5. The fourth-order valence-corrected chi connectivity index (χ4v) is 4.17. The number of halogens is 4. The lowest BCUT2D eigenvalue weighted by atomic mass is 10.2. The van der Waals surface area contributed by atoms with Crippen LogP contribution in [-0.4, -0.2) is 42.4 Å². The molecular formula is C18H17ClF3N7OS. The molecule has 2 aromatic heterocycles. The molecule has 1 fully saturated rings. The van der Waals surface area contributed by atoms with Crippen molar-refractivity contribution in [2.45, 2.75) is 38.5 Å². The average molecular weight is 472 g/mol. The van der Waals surface area contributed by atoms with Crippen molar-refractivity contribution in [1.82, 2.24) is 29.9 Å². The van der Waals surface area contributed by atoms with E-state index in [2.05, 4.69) is 25.7 Å². The monoisotopic (exact) mass is 471 g/mol. The van der Waals surface area contributed by atoms with Gasteiger partial charge < -0.3 is 9.47 Å². The second-order valence-corrected chi connectivity index (χ2v) is 8.42. The topological polar surface area (TPSA) is 88.8 Å². The molecule has 0 unspecified atom stereocenters. The Morgan fingerprint density at radius 2 is 1.97 bits per heavy atom. The van der Waals surface area contributed by atoms with Crippen LogP contribution in [0.15, 0.2) is 24.3 Å². The minimum atomic E-state index is -4.60. The van der Waals surface area contributed by atoms with E-state index in [0.29, 0.717) is 36.2 Å². The van der Waals surface area contributed by atoms with E-state index in [1.165, 1.54) is 4.90 Å². The molecule has 1 aliphatic heterocycles. The summed E-state index contributed by atoms with van der Waals surface area (Å²) in [7, 11) is 0. The molecule has 0 saturated carbocycles. The maximum atomic E-state index is 12.8. The van der Waals surface area contributed by atoms with E-state index in [4.69, 9.17) is 11.6 Å². The second-order valence-electron chi connectivity index (χ2n) is 7.01. The maximum Gasteiger partial charge on any atom is 0.445 e. The third kappa shape index (κ3) is 4.64. The van der Waals surface area contributed by atoms with Crippen molar-refractivity contribution in [3.63, 3.8) is 0 Å². The molecule has 13 heteroatoms. The molecule has 1 aliphatic rings. The van der Waals surface area contributed by atoms with E-state index in [0.717, 1.165) is 12.0 Å². The minimum Gasteiger partial charge on any atom is -0.314 e. The van der Waals surface area contributed by atoms with Crippen molar-refractivity contribution in [2.75, 3.05) is 11.9 Å². The van der Waals surface area contributed by atoms with Gasteiger partial charge in [0.05, 0.1) is 12.6 Å². The highest BCUT2D eigenvalue weighted by atomic mass is 35.5. The number of rotatable bonds is 4. The second kappa shape index (κ2) is 8.42. The van der Waals surface area contributed by atoms with Crippen LogP contribution in [0.4, 0.5) is 23.1 Å². The first kappa shape index (κ1) is 21.5. The molecule has 0 aliphatic carbocycles. The smallest absolute Gasteiger partial charge is 0.314 e. The first-order chi connectivity index (χ1) is 14.7.